The summed E-state index contributed by atoms with van der Waals surface area (Å²) in [6, 6.07) is 6.63. The number of carbonyl (C=O) groups is 1. The van der Waals surface area contributed by atoms with E-state index in [1.54, 1.807) is 50.8 Å². The summed E-state index contributed by atoms with van der Waals surface area (Å²) in [5.41, 5.74) is 1.21. The quantitative estimate of drug-likeness (QED) is 0.947. The molecule has 0 aliphatic heterocycles. The highest BCUT2D eigenvalue weighted by atomic mass is 19.1. The largest absolute Gasteiger partial charge is 0.444 e. The summed E-state index contributed by atoms with van der Waals surface area (Å²) in [7, 11) is 1.80. The average Bonchev–Trinajstić information content (AvgIpc) is 2.82. The van der Waals surface area contributed by atoms with Gasteiger partial charge in [-0.25, -0.2) is 9.18 Å². The first-order valence-electron chi connectivity index (χ1n) is 7.00. The molecule has 0 fully saturated rings. The molecule has 1 N–H and O–H groups in total. The van der Waals surface area contributed by atoms with Crippen molar-refractivity contribution in [3.63, 3.8) is 0 Å². The summed E-state index contributed by atoms with van der Waals surface area (Å²) in [4.78, 5) is 11.6. The second-order valence-electron chi connectivity index (χ2n) is 6.04. The van der Waals surface area contributed by atoms with Gasteiger partial charge in [0.2, 0.25) is 0 Å². The highest BCUT2D eigenvalue weighted by Gasteiger charge is 2.16. The Hall–Kier alpha value is -2.37. The Morgan fingerprint density at radius 3 is 2.64 bits per heavy atom. The van der Waals surface area contributed by atoms with Gasteiger partial charge in [0.25, 0.3) is 0 Å². The third-order valence-electron chi connectivity index (χ3n) is 2.88. The van der Waals surface area contributed by atoms with Gasteiger partial charge in [-0.1, -0.05) is 12.1 Å². The third kappa shape index (κ3) is 4.31. The van der Waals surface area contributed by atoms with E-state index in [1.807, 2.05) is 6.07 Å². The highest BCUT2D eigenvalue weighted by molar-refractivity contribution is 5.67. The first-order valence-corrected chi connectivity index (χ1v) is 7.00. The second kappa shape index (κ2) is 6.17. The molecule has 0 unspecified atom stereocenters. The van der Waals surface area contributed by atoms with Gasteiger partial charge in [0, 0.05) is 30.9 Å². The Bertz CT molecular complexity index is 674. The average molecular weight is 305 g/mol. The summed E-state index contributed by atoms with van der Waals surface area (Å²) < 4.78 is 20.9. The van der Waals surface area contributed by atoms with Gasteiger partial charge >= 0.3 is 6.09 Å². The zero-order valence-corrected chi connectivity index (χ0v) is 13.2. The summed E-state index contributed by atoms with van der Waals surface area (Å²) in [6.45, 7) is 5.39. The Morgan fingerprint density at radius 1 is 1.36 bits per heavy atom. The molecular formula is C16H20FN3O2. The van der Waals surface area contributed by atoms with Gasteiger partial charge < -0.3 is 10.1 Å². The molecule has 1 aromatic heterocycles. The summed E-state index contributed by atoms with van der Waals surface area (Å²) in [5, 5.41) is 6.77. The van der Waals surface area contributed by atoms with Crippen molar-refractivity contribution in [3.05, 3.63) is 41.8 Å². The van der Waals surface area contributed by atoms with E-state index in [9.17, 15) is 9.18 Å². The lowest BCUT2D eigenvalue weighted by molar-refractivity contribution is 0.0523. The molecule has 1 heterocycles. The van der Waals surface area contributed by atoms with Crippen LogP contribution in [0.5, 0.6) is 0 Å². The number of carbonyl (C=O) groups excluding carboxylic acids is 1. The Labute approximate surface area is 129 Å². The van der Waals surface area contributed by atoms with Crippen molar-refractivity contribution >= 4 is 6.09 Å². The Kier molecular flexibility index (Phi) is 4.49. The fourth-order valence-corrected chi connectivity index (χ4v) is 1.90. The van der Waals surface area contributed by atoms with E-state index < -0.39 is 11.7 Å². The minimum absolute atomic E-state index is 0.0727. The predicted octanol–water partition coefficient (Wildman–Crippen LogP) is 3.25. The van der Waals surface area contributed by atoms with E-state index in [0.717, 1.165) is 0 Å². The lowest BCUT2D eigenvalue weighted by atomic mass is 10.1. The van der Waals surface area contributed by atoms with Crippen LogP contribution in [0.15, 0.2) is 30.5 Å². The van der Waals surface area contributed by atoms with Crippen LogP contribution in [0.3, 0.4) is 0 Å². The van der Waals surface area contributed by atoms with Crippen molar-refractivity contribution in [1.82, 2.24) is 15.1 Å². The highest BCUT2D eigenvalue weighted by Crippen LogP contribution is 2.20. The standard InChI is InChI=1S/C16H20FN3O2/c1-16(2,3)22-15(21)18-10-12-6-5-11(9-13(12)17)14-7-8-20(4)19-14/h5-9H,10H2,1-4H3,(H,18,21). The molecule has 0 radical (unpaired) electrons. The molecule has 6 heteroatoms. The van der Waals surface area contributed by atoms with Gasteiger partial charge in [0.1, 0.15) is 11.4 Å². The van der Waals surface area contributed by atoms with E-state index in [2.05, 4.69) is 10.4 Å². The molecule has 2 rings (SSSR count). The topological polar surface area (TPSA) is 56.2 Å². The number of hydrogen-bond donors (Lipinski definition) is 1. The zero-order valence-electron chi connectivity index (χ0n) is 13.2. The Balaban J connectivity index is 2.03. The summed E-state index contributed by atoms with van der Waals surface area (Å²) in [5.74, 6) is -0.390. The maximum Gasteiger partial charge on any atom is 0.407 e. The van der Waals surface area contributed by atoms with Crippen LogP contribution in [-0.2, 0) is 18.3 Å². The molecule has 0 aliphatic rings. The minimum Gasteiger partial charge on any atom is -0.444 e. The van der Waals surface area contributed by atoms with E-state index in [0.29, 0.717) is 16.8 Å². The molecule has 0 aliphatic carbocycles. The molecule has 22 heavy (non-hydrogen) atoms. The van der Waals surface area contributed by atoms with E-state index >= 15 is 0 Å². The summed E-state index contributed by atoms with van der Waals surface area (Å²) >= 11 is 0. The first kappa shape index (κ1) is 16.0. The monoisotopic (exact) mass is 305 g/mol. The molecule has 0 bridgehead atoms. The van der Waals surface area contributed by atoms with Crippen molar-refractivity contribution in [3.8, 4) is 11.3 Å². The van der Waals surface area contributed by atoms with Gasteiger partial charge in [-0.2, -0.15) is 5.10 Å². The van der Waals surface area contributed by atoms with E-state index in [1.165, 1.54) is 6.07 Å². The van der Waals surface area contributed by atoms with Crippen LogP contribution >= 0.6 is 0 Å². The molecule has 0 saturated carbocycles. The van der Waals surface area contributed by atoms with Crippen molar-refractivity contribution < 1.29 is 13.9 Å². The van der Waals surface area contributed by atoms with Gasteiger partial charge in [-0.3, -0.25) is 4.68 Å². The normalized spacial score (nSPS) is 11.3. The molecule has 118 valence electrons. The van der Waals surface area contributed by atoms with Crippen LogP contribution in [0.2, 0.25) is 0 Å². The lowest BCUT2D eigenvalue weighted by Crippen LogP contribution is -2.32. The molecule has 1 aromatic carbocycles. The smallest absolute Gasteiger partial charge is 0.407 e. The van der Waals surface area contributed by atoms with Crippen LogP contribution in [-0.4, -0.2) is 21.5 Å². The molecular weight excluding hydrogens is 285 g/mol. The fourth-order valence-electron chi connectivity index (χ4n) is 1.90. The van der Waals surface area contributed by atoms with Crippen LogP contribution in [0.4, 0.5) is 9.18 Å². The van der Waals surface area contributed by atoms with E-state index in [-0.39, 0.29) is 12.4 Å². The van der Waals surface area contributed by atoms with Gasteiger partial charge in [0.05, 0.1) is 5.69 Å². The molecule has 0 atom stereocenters. The van der Waals surface area contributed by atoms with Crippen molar-refractivity contribution in [2.45, 2.75) is 32.9 Å². The molecule has 0 spiro atoms. The number of nitrogens with one attached hydrogen (secondary N) is 1. The fraction of sp³-hybridized carbons (Fsp3) is 0.375. The molecule has 2 aromatic rings. The van der Waals surface area contributed by atoms with Crippen LogP contribution in [0.1, 0.15) is 26.3 Å². The number of aromatic nitrogens is 2. The number of hydrogen-bond acceptors (Lipinski definition) is 3. The zero-order chi connectivity index (χ0) is 16.3. The number of nitrogens with zero attached hydrogens (tertiary/aromatic N) is 2. The summed E-state index contributed by atoms with van der Waals surface area (Å²) in [6.07, 6.45) is 1.23. The molecule has 1 amide bonds. The van der Waals surface area contributed by atoms with Crippen molar-refractivity contribution in [1.29, 1.82) is 0 Å². The molecule has 0 saturated heterocycles. The van der Waals surface area contributed by atoms with Crippen molar-refractivity contribution in [2.24, 2.45) is 7.05 Å². The number of benzene rings is 1. The number of alkyl carbamates (subject to hydrolysis) is 1. The lowest BCUT2D eigenvalue weighted by Gasteiger charge is -2.19. The van der Waals surface area contributed by atoms with Crippen LogP contribution in [0.25, 0.3) is 11.3 Å². The van der Waals surface area contributed by atoms with Crippen LogP contribution in [0, 0.1) is 5.82 Å². The number of aryl methyl sites for hydroxylation is 1. The maximum absolute atomic E-state index is 14.1. The predicted molar refractivity (Wildman–Crippen MR) is 81.7 cm³/mol. The number of amides is 1. The number of ether oxygens (including phenoxy) is 1. The van der Waals surface area contributed by atoms with Gasteiger partial charge in [0.15, 0.2) is 0 Å². The van der Waals surface area contributed by atoms with Crippen molar-refractivity contribution in [2.75, 3.05) is 0 Å². The number of halogens is 1. The second-order valence-corrected chi connectivity index (χ2v) is 6.04. The SMILES string of the molecule is Cn1ccc(-c2ccc(CNC(=O)OC(C)(C)C)c(F)c2)n1. The third-order valence-corrected chi connectivity index (χ3v) is 2.88. The van der Waals surface area contributed by atoms with Gasteiger partial charge in [-0.05, 0) is 32.9 Å². The minimum atomic E-state index is -0.578. The Morgan fingerprint density at radius 2 is 2.09 bits per heavy atom. The molecule has 5 nitrogen and oxygen atoms in total. The van der Waals surface area contributed by atoms with Gasteiger partial charge in [-0.15, -0.1) is 0 Å². The number of rotatable bonds is 3. The van der Waals surface area contributed by atoms with Crippen LogP contribution < -0.4 is 5.32 Å². The first-order chi connectivity index (χ1) is 10.2. The van der Waals surface area contributed by atoms with E-state index in [4.69, 9.17) is 4.74 Å². The maximum atomic E-state index is 14.1.